The Labute approximate surface area is 215 Å². The minimum absolute atomic E-state index is 0.185. The van der Waals surface area contributed by atoms with E-state index < -0.39 is 0 Å². The second kappa shape index (κ2) is 12.0. The third kappa shape index (κ3) is 7.14. The fourth-order valence-corrected chi connectivity index (χ4v) is 5.99. The summed E-state index contributed by atoms with van der Waals surface area (Å²) in [6.45, 7) is 3.14. The number of nitrogens with one attached hydrogen (secondary N) is 1. The molecule has 0 aliphatic heterocycles. The number of benzene rings is 3. The molecule has 10 heteroatoms. The van der Waals surface area contributed by atoms with E-state index >= 15 is 0 Å². The second-order valence-corrected chi connectivity index (χ2v) is 10.8. The number of carbonyl (C=O) groups is 2. The van der Waals surface area contributed by atoms with Crippen LogP contribution < -0.4 is 10.2 Å². The highest BCUT2D eigenvalue weighted by molar-refractivity contribution is 8.03. The van der Waals surface area contributed by atoms with E-state index in [1.165, 1.54) is 46.4 Å². The van der Waals surface area contributed by atoms with E-state index in [1.807, 2.05) is 12.1 Å². The van der Waals surface area contributed by atoms with Crippen LogP contribution in [0.25, 0.3) is 10.8 Å². The van der Waals surface area contributed by atoms with Crippen LogP contribution in [-0.2, 0) is 15.3 Å². The zero-order valence-electron chi connectivity index (χ0n) is 19.1. The summed E-state index contributed by atoms with van der Waals surface area (Å²) >= 11 is 4.45. The van der Waals surface area contributed by atoms with Crippen LogP contribution in [-0.4, -0.2) is 33.5 Å². The van der Waals surface area contributed by atoms with Gasteiger partial charge in [-0.15, -0.1) is 10.2 Å². The van der Waals surface area contributed by atoms with Gasteiger partial charge in [-0.1, -0.05) is 77.3 Å². The lowest BCUT2D eigenvalue weighted by molar-refractivity contribution is -0.131. The quantitative estimate of drug-likeness (QED) is 0.101. The first-order chi connectivity index (χ1) is 17.0. The first-order valence-electron chi connectivity index (χ1n) is 10.7. The maximum atomic E-state index is 12.2. The number of hydrogen-bond acceptors (Lipinski definition) is 9. The van der Waals surface area contributed by atoms with E-state index in [9.17, 15) is 9.59 Å². The maximum absolute atomic E-state index is 12.2. The van der Waals surface area contributed by atoms with Crippen LogP contribution in [0.3, 0.4) is 0 Å². The molecular weight excluding hydrogens is 501 g/mol. The van der Waals surface area contributed by atoms with E-state index in [2.05, 4.69) is 51.1 Å². The number of hydrazone groups is 1. The van der Waals surface area contributed by atoms with E-state index in [1.54, 1.807) is 43.0 Å². The smallest absolute Gasteiger partial charge is 0.308 e. The molecule has 3 aromatic carbocycles. The average molecular weight is 523 g/mol. The summed E-state index contributed by atoms with van der Waals surface area (Å²) in [5.74, 6) is 0.841. The number of esters is 1. The van der Waals surface area contributed by atoms with Crippen LogP contribution in [0.5, 0.6) is 5.75 Å². The molecule has 0 radical (unpaired) electrons. The van der Waals surface area contributed by atoms with Gasteiger partial charge in [-0.2, -0.15) is 5.10 Å². The van der Waals surface area contributed by atoms with Crippen LogP contribution in [0.1, 0.15) is 25.0 Å². The Morgan fingerprint density at radius 3 is 2.43 bits per heavy atom. The van der Waals surface area contributed by atoms with Crippen LogP contribution >= 0.6 is 34.9 Å². The van der Waals surface area contributed by atoms with Gasteiger partial charge in [-0.3, -0.25) is 9.59 Å². The van der Waals surface area contributed by atoms with Crippen molar-refractivity contribution < 1.29 is 14.3 Å². The molecular formula is C25H22N4O3S3. The van der Waals surface area contributed by atoms with Crippen molar-refractivity contribution in [2.24, 2.45) is 5.10 Å². The Morgan fingerprint density at radius 2 is 1.66 bits per heavy atom. The first-order valence-corrected chi connectivity index (χ1v) is 13.4. The van der Waals surface area contributed by atoms with Crippen molar-refractivity contribution >= 4 is 63.2 Å². The van der Waals surface area contributed by atoms with Crippen LogP contribution in [0, 0.1) is 0 Å². The number of nitrogens with zero attached hydrogens (tertiary/aromatic N) is 3. The predicted octanol–water partition coefficient (Wildman–Crippen LogP) is 5.54. The SMILES string of the molecule is CC(=O)Oc1ccc(/C(C)=N/NC(=O)CSc2nnc(SCc3cccc4ccccc34)s2)cc1. The van der Waals surface area contributed by atoms with Crippen molar-refractivity contribution in [3.63, 3.8) is 0 Å². The standard InChI is InChI=1S/C25H22N4O3S3/c1-16(18-10-12-21(13-11-18)32-17(2)30)26-27-23(31)15-34-25-29-28-24(35-25)33-14-20-8-5-7-19-6-3-4-9-22(19)20/h3-13H,14-15H2,1-2H3,(H,27,31)/b26-16+. The highest BCUT2D eigenvalue weighted by Gasteiger charge is 2.10. The Bertz CT molecular complexity index is 1360. The number of ether oxygens (including phenoxy) is 1. The van der Waals surface area contributed by atoms with Crippen molar-refractivity contribution in [2.45, 2.75) is 28.3 Å². The molecule has 0 fully saturated rings. The Hall–Kier alpha value is -3.21. The van der Waals surface area contributed by atoms with E-state index in [0.717, 1.165) is 20.0 Å². The Balaban J connectivity index is 1.25. The minimum atomic E-state index is -0.376. The van der Waals surface area contributed by atoms with Gasteiger partial charge in [0, 0.05) is 12.7 Å². The van der Waals surface area contributed by atoms with Gasteiger partial charge in [0.25, 0.3) is 5.91 Å². The minimum Gasteiger partial charge on any atom is -0.427 e. The van der Waals surface area contributed by atoms with Gasteiger partial charge in [-0.05, 0) is 53.1 Å². The molecule has 0 unspecified atom stereocenters. The van der Waals surface area contributed by atoms with Crippen molar-refractivity contribution in [1.29, 1.82) is 0 Å². The van der Waals surface area contributed by atoms with Gasteiger partial charge >= 0.3 is 5.97 Å². The molecule has 0 saturated heterocycles. The third-order valence-electron chi connectivity index (χ3n) is 4.83. The number of aromatic nitrogens is 2. The molecule has 178 valence electrons. The number of thioether (sulfide) groups is 2. The Morgan fingerprint density at radius 1 is 0.943 bits per heavy atom. The molecule has 4 rings (SSSR count). The number of hydrogen-bond donors (Lipinski definition) is 1. The summed E-state index contributed by atoms with van der Waals surface area (Å²) in [6.07, 6.45) is 0. The predicted molar refractivity (Wildman–Crippen MR) is 142 cm³/mol. The van der Waals surface area contributed by atoms with Crippen LogP contribution in [0.4, 0.5) is 0 Å². The molecule has 1 amide bonds. The van der Waals surface area contributed by atoms with Crippen LogP contribution in [0.2, 0.25) is 0 Å². The monoisotopic (exact) mass is 522 g/mol. The molecule has 0 aliphatic rings. The molecule has 7 nitrogen and oxygen atoms in total. The molecule has 0 aliphatic carbocycles. The molecule has 0 atom stereocenters. The summed E-state index contributed by atoms with van der Waals surface area (Å²) in [4.78, 5) is 23.2. The highest BCUT2D eigenvalue weighted by atomic mass is 32.2. The fourth-order valence-electron chi connectivity index (χ4n) is 3.17. The highest BCUT2D eigenvalue weighted by Crippen LogP contribution is 2.32. The summed E-state index contributed by atoms with van der Waals surface area (Å²) in [5, 5.41) is 15.1. The second-order valence-electron chi connectivity index (χ2n) is 7.40. The number of carbonyl (C=O) groups excluding carboxylic acids is 2. The van der Waals surface area contributed by atoms with Crippen molar-refractivity contribution in [2.75, 3.05) is 5.75 Å². The zero-order valence-corrected chi connectivity index (χ0v) is 21.5. The molecule has 1 aromatic heterocycles. The topological polar surface area (TPSA) is 93.5 Å². The third-order valence-corrected chi connectivity index (χ3v) is 8.07. The molecule has 35 heavy (non-hydrogen) atoms. The van der Waals surface area contributed by atoms with Crippen molar-refractivity contribution in [3.05, 3.63) is 77.9 Å². The number of fused-ring (bicyclic) bond motifs is 1. The fraction of sp³-hybridized carbons (Fsp3) is 0.160. The van der Waals surface area contributed by atoms with Gasteiger partial charge in [0.1, 0.15) is 5.75 Å². The summed E-state index contributed by atoms with van der Waals surface area (Å²) in [5.41, 5.74) is 5.27. The van der Waals surface area contributed by atoms with Gasteiger partial charge in [0.15, 0.2) is 8.68 Å². The van der Waals surface area contributed by atoms with Crippen molar-refractivity contribution in [3.8, 4) is 5.75 Å². The summed E-state index contributed by atoms with van der Waals surface area (Å²) < 4.78 is 6.62. The Kier molecular flexibility index (Phi) is 8.51. The van der Waals surface area contributed by atoms with E-state index in [4.69, 9.17) is 4.74 Å². The molecule has 0 spiro atoms. The molecule has 0 bridgehead atoms. The van der Waals surface area contributed by atoms with Gasteiger partial charge in [-0.25, -0.2) is 5.43 Å². The lowest BCUT2D eigenvalue weighted by Gasteiger charge is -2.04. The molecule has 0 saturated carbocycles. The average Bonchev–Trinajstić information content (AvgIpc) is 3.32. The van der Waals surface area contributed by atoms with Crippen LogP contribution in [0.15, 0.2) is 80.5 Å². The lowest BCUT2D eigenvalue weighted by atomic mass is 10.1. The maximum Gasteiger partial charge on any atom is 0.308 e. The van der Waals surface area contributed by atoms with Gasteiger partial charge in [0.05, 0.1) is 11.5 Å². The largest absolute Gasteiger partial charge is 0.427 e. The number of amides is 1. The molecule has 1 heterocycles. The van der Waals surface area contributed by atoms with E-state index in [0.29, 0.717) is 11.5 Å². The van der Waals surface area contributed by atoms with Gasteiger partial charge < -0.3 is 4.74 Å². The first kappa shape index (κ1) is 24.9. The lowest BCUT2D eigenvalue weighted by Crippen LogP contribution is -2.21. The normalized spacial score (nSPS) is 11.4. The van der Waals surface area contributed by atoms with E-state index in [-0.39, 0.29) is 17.6 Å². The van der Waals surface area contributed by atoms with Gasteiger partial charge in [0.2, 0.25) is 0 Å². The number of rotatable bonds is 9. The summed E-state index contributed by atoms with van der Waals surface area (Å²) in [7, 11) is 0. The summed E-state index contributed by atoms with van der Waals surface area (Å²) in [6, 6.07) is 21.6. The molecule has 1 N–H and O–H groups in total. The zero-order chi connectivity index (χ0) is 24.6. The van der Waals surface area contributed by atoms with Crippen molar-refractivity contribution in [1.82, 2.24) is 15.6 Å². The molecule has 4 aromatic rings.